The Labute approximate surface area is 147 Å². The molecule has 0 aliphatic carbocycles. The van der Waals surface area contributed by atoms with Crippen LogP contribution in [0.5, 0.6) is 0 Å². The SMILES string of the molecule is CCOC(=O)/C=C/[C@H](Nc1ccc2ccccc2c1)c1ccccc1. The maximum Gasteiger partial charge on any atom is 0.330 e. The molecule has 1 atom stereocenters. The number of benzene rings is 3. The van der Waals surface area contributed by atoms with Gasteiger partial charge < -0.3 is 10.1 Å². The summed E-state index contributed by atoms with van der Waals surface area (Å²) in [5.74, 6) is -0.330. The molecule has 0 saturated carbocycles. The number of ether oxygens (including phenoxy) is 1. The molecule has 0 bridgehead atoms. The number of hydrogen-bond acceptors (Lipinski definition) is 3. The van der Waals surface area contributed by atoms with E-state index in [1.165, 1.54) is 16.8 Å². The predicted octanol–water partition coefficient (Wildman–Crippen LogP) is 5.11. The van der Waals surface area contributed by atoms with Crippen LogP contribution < -0.4 is 5.32 Å². The molecule has 3 heteroatoms. The third kappa shape index (κ3) is 4.48. The Balaban J connectivity index is 1.86. The normalized spacial score (nSPS) is 12.2. The van der Waals surface area contributed by atoms with Gasteiger partial charge in [0.2, 0.25) is 0 Å². The quantitative estimate of drug-likeness (QED) is 0.504. The van der Waals surface area contributed by atoms with E-state index in [1.54, 1.807) is 6.92 Å². The second kappa shape index (κ2) is 8.15. The van der Waals surface area contributed by atoms with Crippen molar-refractivity contribution in [3.8, 4) is 0 Å². The summed E-state index contributed by atoms with van der Waals surface area (Å²) in [7, 11) is 0. The molecule has 3 nitrogen and oxygen atoms in total. The molecule has 1 N–H and O–H groups in total. The Hall–Kier alpha value is -3.07. The molecule has 0 heterocycles. The smallest absolute Gasteiger partial charge is 0.330 e. The topological polar surface area (TPSA) is 38.3 Å². The van der Waals surface area contributed by atoms with Gasteiger partial charge in [-0.05, 0) is 35.4 Å². The highest BCUT2D eigenvalue weighted by Crippen LogP contribution is 2.24. The van der Waals surface area contributed by atoms with Crippen LogP contribution in [-0.2, 0) is 9.53 Å². The van der Waals surface area contributed by atoms with E-state index in [2.05, 4.69) is 35.6 Å². The molecule has 0 aliphatic heterocycles. The predicted molar refractivity (Wildman–Crippen MR) is 103 cm³/mol. The van der Waals surface area contributed by atoms with E-state index in [0.29, 0.717) is 6.61 Å². The van der Waals surface area contributed by atoms with Crippen LogP contribution >= 0.6 is 0 Å². The standard InChI is InChI=1S/C22H21NO2/c1-2-25-22(24)15-14-21(18-9-4-3-5-10-18)23-20-13-12-17-8-6-7-11-19(17)16-20/h3-16,21,23H,2H2,1H3/b15-14+/t21-/m0/s1. The number of esters is 1. The molecule has 3 aromatic rings. The fourth-order valence-electron chi connectivity index (χ4n) is 2.73. The van der Waals surface area contributed by atoms with E-state index in [-0.39, 0.29) is 12.0 Å². The lowest BCUT2D eigenvalue weighted by Gasteiger charge is -2.17. The second-order valence-electron chi connectivity index (χ2n) is 5.71. The molecular weight excluding hydrogens is 310 g/mol. The van der Waals surface area contributed by atoms with Crippen molar-refractivity contribution >= 4 is 22.4 Å². The molecule has 0 unspecified atom stereocenters. The van der Waals surface area contributed by atoms with E-state index in [4.69, 9.17) is 4.74 Å². The summed E-state index contributed by atoms with van der Waals surface area (Å²) < 4.78 is 4.98. The number of nitrogens with one attached hydrogen (secondary N) is 1. The first kappa shape index (κ1) is 16.8. The highest BCUT2D eigenvalue weighted by atomic mass is 16.5. The molecule has 0 saturated heterocycles. The van der Waals surface area contributed by atoms with Crippen molar-refractivity contribution < 1.29 is 9.53 Å². The van der Waals surface area contributed by atoms with Crippen molar-refractivity contribution in [2.45, 2.75) is 13.0 Å². The minimum atomic E-state index is -0.330. The van der Waals surface area contributed by atoms with Gasteiger partial charge in [0.15, 0.2) is 0 Å². The van der Waals surface area contributed by atoms with Gasteiger partial charge in [0.1, 0.15) is 0 Å². The van der Waals surface area contributed by atoms with Crippen molar-refractivity contribution in [2.75, 3.05) is 11.9 Å². The molecule has 0 aromatic heterocycles. The van der Waals surface area contributed by atoms with Gasteiger partial charge in [-0.3, -0.25) is 0 Å². The van der Waals surface area contributed by atoms with Crippen LogP contribution in [0, 0.1) is 0 Å². The summed E-state index contributed by atoms with van der Waals surface area (Å²) in [6, 6.07) is 24.4. The van der Waals surface area contributed by atoms with Gasteiger partial charge in [0, 0.05) is 11.8 Å². The van der Waals surface area contributed by atoms with Gasteiger partial charge in [-0.25, -0.2) is 4.79 Å². The van der Waals surface area contributed by atoms with Crippen LogP contribution in [0.4, 0.5) is 5.69 Å². The van der Waals surface area contributed by atoms with E-state index in [1.807, 2.05) is 48.5 Å². The Morgan fingerprint density at radius 1 is 1.00 bits per heavy atom. The molecule has 25 heavy (non-hydrogen) atoms. The third-order valence-electron chi connectivity index (χ3n) is 3.94. The Morgan fingerprint density at radius 2 is 1.72 bits per heavy atom. The first-order chi connectivity index (χ1) is 12.3. The molecule has 0 spiro atoms. The van der Waals surface area contributed by atoms with E-state index in [0.717, 1.165) is 11.3 Å². The molecule has 0 amide bonds. The van der Waals surface area contributed by atoms with Crippen LogP contribution in [0.15, 0.2) is 84.9 Å². The zero-order valence-corrected chi connectivity index (χ0v) is 14.2. The van der Waals surface area contributed by atoms with Gasteiger partial charge in [-0.1, -0.05) is 66.7 Å². The second-order valence-corrected chi connectivity index (χ2v) is 5.71. The molecule has 126 valence electrons. The van der Waals surface area contributed by atoms with Gasteiger partial charge >= 0.3 is 5.97 Å². The van der Waals surface area contributed by atoms with Crippen molar-refractivity contribution in [2.24, 2.45) is 0 Å². The fraction of sp³-hybridized carbons (Fsp3) is 0.136. The highest BCUT2D eigenvalue weighted by Gasteiger charge is 2.09. The fourth-order valence-corrected chi connectivity index (χ4v) is 2.73. The summed E-state index contributed by atoms with van der Waals surface area (Å²) in [6.45, 7) is 2.17. The summed E-state index contributed by atoms with van der Waals surface area (Å²) in [6.07, 6.45) is 3.32. The first-order valence-corrected chi connectivity index (χ1v) is 8.41. The van der Waals surface area contributed by atoms with Gasteiger partial charge in [-0.2, -0.15) is 0 Å². The van der Waals surface area contributed by atoms with Gasteiger partial charge in [-0.15, -0.1) is 0 Å². The summed E-state index contributed by atoms with van der Waals surface area (Å²) in [5.41, 5.74) is 2.08. The Bertz CT molecular complexity index is 871. The van der Waals surface area contributed by atoms with Crippen LogP contribution in [0.3, 0.4) is 0 Å². The van der Waals surface area contributed by atoms with Gasteiger partial charge in [0.05, 0.1) is 12.6 Å². The molecular formula is C22H21NO2. The monoisotopic (exact) mass is 331 g/mol. The largest absolute Gasteiger partial charge is 0.463 e. The van der Waals surface area contributed by atoms with Crippen LogP contribution in [-0.4, -0.2) is 12.6 Å². The number of carbonyl (C=O) groups is 1. The van der Waals surface area contributed by atoms with Crippen LogP contribution in [0.2, 0.25) is 0 Å². The number of anilines is 1. The average molecular weight is 331 g/mol. The Morgan fingerprint density at radius 3 is 2.48 bits per heavy atom. The number of carbonyl (C=O) groups excluding carboxylic acids is 1. The third-order valence-corrected chi connectivity index (χ3v) is 3.94. The zero-order chi connectivity index (χ0) is 17.5. The average Bonchev–Trinajstić information content (AvgIpc) is 2.66. The van der Waals surface area contributed by atoms with Crippen molar-refractivity contribution in [3.63, 3.8) is 0 Å². The number of fused-ring (bicyclic) bond motifs is 1. The van der Waals surface area contributed by atoms with E-state index in [9.17, 15) is 4.79 Å². The molecule has 0 fully saturated rings. The highest BCUT2D eigenvalue weighted by molar-refractivity contribution is 5.86. The number of rotatable bonds is 6. The van der Waals surface area contributed by atoms with Crippen LogP contribution in [0.25, 0.3) is 10.8 Å². The minimum absolute atomic E-state index is 0.119. The lowest BCUT2D eigenvalue weighted by Crippen LogP contribution is -2.09. The van der Waals surface area contributed by atoms with Gasteiger partial charge in [0.25, 0.3) is 0 Å². The molecule has 0 radical (unpaired) electrons. The zero-order valence-electron chi connectivity index (χ0n) is 14.2. The van der Waals surface area contributed by atoms with Crippen molar-refractivity contribution in [3.05, 3.63) is 90.5 Å². The maximum absolute atomic E-state index is 11.7. The first-order valence-electron chi connectivity index (χ1n) is 8.41. The van der Waals surface area contributed by atoms with Crippen molar-refractivity contribution in [1.29, 1.82) is 0 Å². The molecule has 3 rings (SSSR count). The van der Waals surface area contributed by atoms with E-state index >= 15 is 0 Å². The maximum atomic E-state index is 11.7. The van der Waals surface area contributed by atoms with Crippen LogP contribution in [0.1, 0.15) is 18.5 Å². The lowest BCUT2D eigenvalue weighted by atomic mass is 10.0. The number of hydrogen-bond donors (Lipinski definition) is 1. The Kier molecular flexibility index (Phi) is 5.47. The summed E-state index contributed by atoms with van der Waals surface area (Å²) >= 11 is 0. The van der Waals surface area contributed by atoms with E-state index < -0.39 is 0 Å². The molecule has 3 aromatic carbocycles. The summed E-state index contributed by atoms with van der Waals surface area (Å²) in [5, 5.41) is 5.87. The molecule has 0 aliphatic rings. The minimum Gasteiger partial charge on any atom is -0.463 e. The lowest BCUT2D eigenvalue weighted by molar-refractivity contribution is -0.137. The summed E-state index contributed by atoms with van der Waals surface area (Å²) in [4.78, 5) is 11.7. The van der Waals surface area contributed by atoms with Crippen molar-refractivity contribution in [1.82, 2.24) is 0 Å².